The van der Waals surface area contributed by atoms with Gasteiger partial charge >= 0.3 is 6.18 Å². The average molecular weight is 333 g/mol. The molecule has 0 bridgehead atoms. The molecular weight excluding hydrogens is 318 g/mol. The Hall–Kier alpha value is -2.16. The van der Waals surface area contributed by atoms with Crippen LogP contribution in [0.4, 0.5) is 23.2 Å². The Labute approximate surface area is 129 Å². The number of rotatable bonds is 3. The molecule has 1 heterocycles. The second-order valence-corrected chi connectivity index (χ2v) is 5.32. The van der Waals surface area contributed by atoms with Gasteiger partial charge in [-0.25, -0.2) is 4.39 Å². The summed E-state index contributed by atoms with van der Waals surface area (Å²) in [7, 11) is 0. The standard InChI is InChI=1S/C14H15F4N3O2/c15-10-2-1-8(6-9(10)12(19)22)21-13(23)11-5-7(3-4-20-11)14(16,17)18/h1-2,6-7,11,20H,3-5H2,(H2,19,22)(H,21,23). The molecule has 1 aromatic carbocycles. The van der Waals surface area contributed by atoms with Crippen LogP contribution in [0.2, 0.25) is 0 Å². The Bertz CT molecular complexity index is 619. The third kappa shape index (κ3) is 4.19. The number of halogens is 4. The highest BCUT2D eigenvalue weighted by molar-refractivity contribution is 5.98. The summed E-state index contributed by atoms with van der Waals surface area (Å²) >= 11 is 0. The number of benzene rings is 1. The fraction of sp³-hybridized carbons (Fsp3) is 0.429. The molecule has 0 aromatic heterocycles. The van der Waals surface area contributed by atoms with E-state index in [9.17, 15) is 27.2 Å². The molecule has 4 N–H and O–H groups in total. The van der Waals surface area contributed by atoms with Crippen LogP contribution >= 0.6 is 0 Å². The molecule has 126 valence electrons. The second kappa shape index (κ2) is 6.53. The lowest BCUT2D eigenvalue weighted by atomic mass is 9.91. The van der Waals surface area contributed by atoms with Gasteiger partial charge < -0.3 is 16.4 Å². The van der Waals surface area contributed by atoms with E-state index in [4.69, 9.17) is 5.73 Å². The van der Waals surface area contributed by atoms with Crippen LogP contribution in [0.15, 0.2) is 18.2 Å². The first-order valence-corrected chi connectivity index (χ1v) is 6.89. The lowest BCUT2D eigenvalue weighted by Crippen LogP contribution is -2.48. The highest BCUT2D eigenvalue weighted by Gasteiger charge is 2.43. The number of carbonyl (C=O) groups is 2. The number of nitrogens with two attached hydrogens (primary N) is 1. The molecule has 2 amide bonds. The number of carbonyl (C=O) groups excluding carboxylic acids is 2. The number of hydrogen-bond acceptors (Lipinski definition) is 3. The number of hydrogen-bond donors (Lipinski definition) is 3. The molecule has 0 radical (unpaired) electrons. The van der Waals surface area contributed by atoms with Crippen molar-refractivity contribution in [1.29, 1.82) is 0 Å². The summed E-state index contributed by atoms with van der Waals surface area (Å²) in [6, 6.07) is 2.17. The number of amides is 2. The van der Waals surface area contributed by atoms with Crippen molar-refractivity contribution >= 4 is 17.5 Å². The molecule has 1 fully saturated rings. The van der Waals surface area contributed by atoms with Crippen molar-refractivity contribution in [2.24, 2.45) is 11.7 Å². The molecule has 0 aliphatic carbocycles. The predicted molar refractivity (Wildman–Crippen MR) is 74.1 cm³/mol. The Morgan fingerprint density at radius 3 is 2.61 bits per heavy atom. The molecule has 1 saturated heterocycles. The molecular formula is C14H15F4N3O2. The van der Waals surface area contributed by atoms with Gasteiger partial charge in [0.2, 0.25) is 5.91 Å². The van der Waals surface area contributed by atoms with Crippen LogP contribution in [0, 0.1) is 11.7 Å². The van der Waals surface area contributed by atoms with Gasteiger partial charge in [-0.05, 0) is 37.6 Å². The van der Waals surface area contributed by atoms with Gasteiger partial charge in [0.15, 0.2) is 0 Å². The largest absolute Gasteiger partial charge is 0.391 e. The summed E-state index contributed by atoms with van der Waals surface area (Å²) in [5, 5.41) is 5.08. The predicted octanol–water partition coefficient (Wildman–Crippen LogP) is 1.79. The fourth-order valence-corrected chi connectivity index (χ4v) is 2.44. The zero-order chi connectivity index (χ0) is 17.2. The lowest BCUT2D eigenvalue weighted by Gasteiger charge is -2.30. The molecule has 9 heteroatoms. The van der Waals surface area contributed by atoms with Gasteiger partial charge in [0.1, 0.15) is 5.82 Å². The van der Waals surface area contributed by atoms with Gasteiger partial charge in [-0.1, -0.05) is 0 Å². The van der Waals surface area contributed by atoms with Gasteiger partial charge in [0.05, 0.1) is 17.5 Å². The minimum Gasteiger partial charge on any atom is -0.366 e. The smallest absolute Gasteiger partial charge is 0.366 e. The van der Waals surface area contributed by atoms with E-state index >= 15 is 0 Å². The van der Waals surface area contributed by atoms with Crippen LogP contribution in [-0.4, -0.2) is 30.6 Å². The minimum absolute atomic E-state index is 0.0677. The zero-order valence-electron chi connectivity index (χ0n) is 11.9. The SMILES string of the molecule is NC(=O)c1cc(NC(=O)C2CC(C(F)(F)F)CCN2)ccc1F. The summed E-state index contributed by atoms with van der Waals surface area (Å²) < 4.78 is 51.6. The third-order valence-electron chi connectivity index (χ3n) is 3.68. The monoisotopic (exact) mass is 333 g/mol. The summed E-state index contributed by atoms with van der Waals surface area (Å²) in [6.45, 7) is 0.0677. The maximum atomic E-state index is 13.3. The zero-order valence-corrected chi connectivity index (χ0v) is 11.9. The number of piperidine rings is 1. The molecule has 23 heavy (non-hydrogen) atoms. The van der Waals surface area contributed by atoms with Crippen LogP contribution in [0.3, 0.4) is 0 Å². The Morgan fingerprint density at radius 1 is 1.30 bits per heavy atom. The maximum Gasteiger partial charge on any atom is 0.391 e. The van der Waals surface area contributed by atoms with Gasteiger partial charge in [0.25, 0.3) is 5.91 Å². The van der Waals surface area contributed by atoms with Crippen molar-refractivity contribution in [3.63, 3.8) is 0 Å². The van der Waals surface area contributed by atoms with Crippen molar-refractivity contribution in [1.82, 2.24) is 5.32 Å². The van der Waals surface area contributed by atoms with E-state index in [-0.39, 0.29) is 25.1 Å². The van der Waals surface area contributed by atoms with E-state index in [2.05, 4.69) is 10.6 Å². The molecule has 2 atom stereocenters. The summed E-state index contributed by atoms with van der Waals surface area (Å²) in [5.41, 5.74) is 4.67. The van der Waals surface area contributed by atoms with Crippen LogP contribution in [-0.2, 0) is 4.79 Å². The van der Waals surface area contributed by atoms with Crippen LogP contribution < -0.4 is 16.4 Å². The van der Waals surface area contributed by atoms with E-state index in [1.165, 1.54) is 6.07 Å². The Balaban J connectivity index is 2.07. The van der Waals surface area contributed by atoms with Crippen LogP contribution in [0.25, 0.3) is 0 Å². The van der Waals surface area contributed by atoms with E-state index < -0.39 is 41.3 Å². The fourth-order valence-electron chi connectivity index (χ4n) is 2.44. The highest BCUT2D eigenvalue weighted by Crippen LogP contribution is 2.34. The van der Waals surface area contributed by atoms with Gasteiger partial charge in [-0.2, -0.15) is 13.2 Å². The summed E-state index contributed by atoms with van der Waals surface area (Å²) in [4.78, 5) is 23.1. The first-order valence-electron chi connectivity index (χ1n) is 6.89. The minimum atomic E-state index is -4.35. The average Bonchev–Trinajstić information content (AvgIpc) is 2.48. The summed E-state index contributed by atoms with van der Waals surface area (Å²) in [5.74, 6) is -4.08. The summed E-state index contributed by atoms with van der Waals surface area (Å²) in [6.07, 6.45) is -4.81. The topological polar surface area (TPSA) is 84.2 Å². The van der Waals surface area contributed by atoms with Crippen molar-refractivity contribution in [2.45, 2.75) is 25.1 Å². The van der Waals surface area contributed by atoms with Crippen molar-refractivity contribution < 1.29 is 27.2 Å². The van der Waals surface area contributed by atoms with E-state index in [0.29, 0.717) is 0 Å². The quantitative estimate of drug-likeness (QED) is 0.738. The van der Waals surface area contributed by atoms with E-state index in [0.717, 1.165) is 12.1 Å². The second-order valence-electron chi connectivity index (χ2n) is 5.32. The van der Waals surface area contributed by atoms with Crippen LogP contribution in [0.5, 0.6) is 0 Å². The van der Waals surface area contributed by atoms with E-state index in [1.807, 2.05) is 0 Å². The lowest BCUT2D eigenvalue weighted by molar-refractivity contribution is -0.183. The molecule has 1 aliphatic heterocycles. The first kappa shape index (κ1) is 17.2. The molecule has 2 unspecified atom stereocenters. The number of nitrogens with one attached hydrogen (secondary N) is 2. The van der Waals surface area contributed by atoms with Crippen molar-refractivity contribution in [2.75, 3.05) is 11.9 Å². The Morgan fingerprint density at radius 2 is 2.00 bits per heavy atom. The maximum absolute atomic E-state index is 13.3. The van der Waals surface area contributed by atoms with Crippen molar-refractivity contribution in [3.05, 3.63) is 29.6 Å². The van der Waals surface area contributed by atoms with Crippen molar-refractivity contribution in [3.8, 4) is 0 Å². The molecule has 0 spiro atoms. The molecule has 1 aliphatic rings. The highest BCUT2D eigenvalue weighted by atomic mass is 19.4. The van der Waals surface area contributed by atoms with Crippen LogP contribution in [0.1, 0.15) is 23.2 Å². The molecule has 5 nitrogen and oxygen atoms in total. The van der Waals surface area contributed by atoms with Gasteiger partial charge in [-0.15, -0.1) is 0 Å². The number of alkyl halides is 3. The molecule has 1 aromatic rings. The normalized spacial score (nSPS) is 21.7. The van der Waals surface area contributed by atoms with E-state index in [1.54, 1.807) is 0 Å². The number of primary amides is 1. The molecule has 0 saturated carbocycles. The first-order chi connectivity index (χ1) is 10.7. The van der Waals surface area contributed by atoms with Gasteiger partial charge in [0, 0.05) is 5.69 Å². The molecule has 2 rings (SSSR count). The third-order valence-corrected chi connectivity index (χ3v) is 3.68. The number of anilines is 1. The van der Waals surface area contributed by atoms with Gasteiger partial charge in [-0.3, -0.25) is 9.59 Å². The Kier molecular flexibility index (Phi) is 4.88.